The maximum absolute atomic E-state index is 12.6. The molecule has 1 unspecified atom stereocenters. The molecule has 54 heavy (non-hydrogen) atoms. The molecule has 0 saturated heterocycles. The van der Waals surface area contributed by atoms with Crippen LogP contribution in [0.3, 0.4) is 0 Å². The number of hydrogen-bond donors (Lipinski definition) is 0. The minimum Gasteiger partial charge on any atom is -0.462 e. The van der Waals surface area contributed by atoms with E-state index < -0.39 is 6.10 Å². The largest absolute Gasteiger partial charge is 0.462 e. The molecule has 0 fully saturated rings. The molecule has 0 aromatic carbocycles. The van der Waals surface area contributed by atoms with Crippen molar-refractivity contribution >= 4 is 17.9 Å². The molecule has 6 nitrogen and oxygen atoms in total. The molecule has 0 heterocycles. The molecule has 0 aromatic heterocycles. The number of hydrogen-bond acceptors (Lipinski definition) is 6. The van der Waals surface area contributed by atoms with Crippen molar-refractivity contribution in [3.05, 3.63) is 12.2 Å². The highest BCUT2D eigenvalue weighted by Gasteiger charge is 2.19. The number of allylic oxidation sites excluding steroid dienone is 2. The molecule has 0 aliphatic heterocycles. The molecule has 1 atom stereocenters. The van der Waals surface area contributed by atoms with E-state index in [-0.39, 0.29) is 31.1 Å². The molecular weight excluding hydrogens is 673 g/mol. The van der Waals surface area contributed by atoms with Crippen LogP contribution >= 0.6 is 0 Å². The summed E-state index contributed by atoms with van der Waals surface area (Å²) in [5.41, 5.74) is 0. The first-order valence-corrected chi connectivity index (χ1v) is 23.7. The van der Waals surface area contributed by atoms with Crippen LogP contribution in [-0.2, 0) is 28.6 Å². The smallest absolute Gasteiger partial charge is 0.306 e. The Morgan fingerprint density at radius 1 is 0.352 bits per heavy atom. The van der Waals surface area contributed by atoms with Gasteiger partial charge in [-0.25, -0.2) is 0 Å². The summed E-state index contributed by atoms with van der Waals surface area (Å²) in [6.07, 6.45) is 46.8. The van der Waals surface area contributed by atoms with Crippen LogP contribution in [0.25, 0.3) is 0 Å². The van der Waals surface area contributed by atoms with E-state index in [1.54, 1.807) is 0 Å². The van der Waals surface area contributed by atoms with Crippen LogP contribution in [0.4, 0.5) is 0 Å². The number of unbranched alkanes of at least 4 members (excludes halogenated alkanes) is 30. The molecule has 318 valence electrons. The van der Waals surface area contributed by atoms with E-state index in [1.165, 1.54) is 154 Å². The summed E-state index contributed by atoms with van der Waals surface area (Å²) in [5, 5.41) is 0. The summed E-state index contributed by atoms with van der Waals surface area (Å²) >= 11 is 0. The topological polar surface area (TPSA) is 78.9 Å². The van der Waals surface area contributed by atoms with Gasteiger partial charge in [0.2, 0.25) is 0 Å². The zero-order valence-corrected chi connectivity index (χ0v) is 36.3. The van der Waals surface area contributed by atoms with Crippen LogP contribution in [0.1, 0.15) is 258 Å². The predicted octanol–water partition coefficient (Wildman–Crippen LogP) is 15.0. The third kappa shape index (κ3) is 41.3. The lowest BCUT2D eigenvalue weighted by Gasteiger charge is -2.18. The molecule has 0 aliphatic rings. The van der Waals surface area contributed by atoms with Gasteiger partial charge < -0.3 is 14.2 Å². The van der Waals surface area contributed by atoms with E-state index in [2.05, 4.69) is 32.9 Å². The Morgan fingerprint density at radius 3 is 0.926 bits per heavy atom. The maximum Gasteiger partial charge on any atom is 0.306 e. The maximum atomic E-state index is 12.6. The van der Waals surface area contributed by atoms with Gasteiger partial charge in [0, 0.05) is 19.3 Å². The van der Waals surface area contributed by atoms with Gasteiger partial charge in [0.05, 0.1) is 0 Å². The molecule has 6 heteroatoms. The van der Waals surface area contributed by atoms with Crippen LogP contribution in [0.15, 0.2) is 12.2 Å². The minimum absolute atomic E-state index is 0.0676. The van der Waals surface area contributed by atoms with Gasteiger partial charge in [0.15, 0.2) is 6.10 Å². The highest BCUT2D eigenvalue weighted by atomic mass is 16.6. The number of esters is 3. The van der Waals surface area contributed by atoms with E-state index >= 15 is 0 Å². The second-order valence-corrected chi connectivity index (χ2v) is 16.0. The Morgan fingerprint density at radius 2 is 0.611 bits per heavy atom. The van der Waals surface area contributed by atoms with Gasteiger partial charge in [-0.05, 0) is 44.9 Å². The summed E-state index contributed by atoms with van der Waals surface area (Å²) in [6, 6.07) is 0. The molecule has 0 aliphatic carbocycles. The first-order chi connectivity index (χ1) is 26.5. The molecule has 0 rings (SSSR count). The quantitative estimate of drug-likeness (QED) is 0.0266. The molecule has 0 bridgehead atoms. The fraction of sp³-hybridized carbons (Fsp3) is 0.896. The lowest BCUT2D eigenvalue weighted by molar-refractivity contribution is -0.167. The van der Waals surface area contributed by atoms with Gasteiger partial charge >= 0.3 is 17.9 Å². The third-order valence-corrected chi connectivity index (χ3v) is 10.5. The third-order valence-electron chi connectivity index (χ3n) is 10.5. The SMILES string of the molecule is CCCCCCCCCC/C=C\CCCCCCCCCCCCCC(=O)OCC(COC(=O)CCCCCCC)OC(=O)CCCCCCCCCC. The average Bonchev–Trinajstić information content (AvgIpc) is 3.17. The van der Waals surface area contributed by atoms with Gasteiger partial charge in [-0.1, -0.05) is 206 Å². The summed E-state index contributed by atoms with van der Waals surface area (Å²) in [4.78, 5) is 37.3. The van der Waals surface area contributed by atoms with Crippen molar-refractivity contribution in [2.75, 3.05) is 13.2 Å². The Hall–Kier alpha value is -1.85. The van der Waals surface area contributed by atoms with Crippen LogP contribution in [0, 0.1) is 0 Å². The van der Waals surface area contributed by atoms with Crippen molar-refractivity contribution in [1.29, 1.82) is 0 Å². The number of ether oxygens (including phenoxy) is 3. The van der Waals surface area contributed by atoms with Gasteiger partial charge in [-0.3, -0.25) is 14.4 Å². The fourth-order valence-electron chi connectivity index (χ4n) is 6.91. The number of carbonyl (C=O) groups excluding carboxylic acids is 3. The summed E-state index contributed by atoms with van der Waals surface area (Å²) in [5.74, 6) is -0.880. The Kier molecular flexibility index (Phi) is 42.4. The zero-order chi connectivity index (χ0) is 39.4. The van der Waals surface area contributed by atoms with Crippen LogP contribution in [0.5, 0.6) is 0 Å². The second kappa shape index (κ2) is 43.9. The van der Waals surface area contributed by atoms with Gasteiger partial charge in [-0.15, -0.1) is 0 Å². The Balaban J connectivity index is 3.98. The van der Waals surface area contributed by atoms with Crippen LogP contribution in [-0.4, -0.2) is 37.2 Å². The zero-order valence-electron chi connectivity index (χ0n) is 36.3. The van der Waals surface area contributed by atoms with E-state index in [1.807, 2.05) is 0 Å². The van der Waals surface area contributed by atoms with Crippen molar-refractivity contribution in [2.45, 2.75) is 264 Å². The van der Waals surface area contributed by atoms with Crippen molar-refractivity contribution in [2.24, 2.45) is 0 Å². The van der Waals surface area contributed by atoms with E-state index in [4.69, 9.17) is 14.2 Å². The molecule has 0 N–H and O–H groups in total. The van der Waals surface area contributed by atoms with Crippen molar-refractivity contribution in [1.82, 2.24) is 0 Å². The first kappa shape index (κ1) is 52.2. The van der Waals surface area contributed by atoms with E-state index in [0.29, 0.717) is 19.3 Å². The number of carbonyl (C=O) groups is 3. The predicted molar refractivity (Wildman–Crippen MR) is 229 cm³/mol. The molecule has 0 saturated carbocycles. The van der Waals surface area contributed by atoms with E-state index in [0.717, 1.165) is 64.2 Å². The van der Waals surface area contributed by atoms with Crippen molar-refractivity contribution in [3.63, 3.8) is 0 Å². The average molecular weight is 763 g/mol. The van der Waals surface area contributed by atoms with E-state index in [9.17, 15) is 14.4 Å². The lowest BCUT2D eigenvalue weighted by atomic mass is 10.0. The van der Waals surface area contributed by atoms with Crippen LogP contribution < -0.4 is 0 Å². The standard InChI is InChI=1S/C48H90O6/c1-4-7-10-13-15-17-18-19-20-21-22-23-24-25-26-27-28-29-30-31-33-35-38-41-47(50)53-44-45(43-52-46(49)40-37-34-12-9-6-3)54-48(51)42-39-36-32-16-14-11-8-5-2/h21-22,45H,4-20,23-44H2,1-3H3/b22-21-. The Bertz CT molecular complexity index is 839. The number of rotatable bonds is 43. The minimum atomic E-state index is -0.759. The molecule has 0 aromatic rings. The summed E-state index contributed by atoms with van der Waals surface area (Å²) < 4.78 is 16.6. The highest BCUT2D eigenvalue weighted by molar-refractivity contribution is 5.71. The normalized spacial score (nSPS) is 12.0. The monoisotopic (exact) mass is 763 g/mol. The van der Waals surface area contributed by atoms with Gasteiger partial charge in [0.1, 0.15) is 13.2 Å². The molecule has 0 spiro atoms. The summed E-state index contributed by atoms with van der Waals surface area (Å²) in [6.45, 7) is 6.53. The second-order valence-electron chi connectivity index (χ2n) is 16.0. The molecule has 0 amide bonds. The van der Waals surface area contributed by atoms with Crippen LogP contribution in [0.2, 0.25) is 0 Å². The Labute approximate surface area is 335 Å². The fourth-order valence-corrected chi connectivity index (χ4v) is 6.91. The van der Waals surface area contributed by atoms with Crippen molar-refractivity contribution in [3.8, 4) is 0 Å². The lowest BCUT2D eigenvalue weighted by Crippen LogP contribution is -2.30. The molecule has 0 radical (unpaired) electrons. The van der Waals surface area contributed by atoms with Gasteiger partial charge in [0.25, 0.3) is 0 Å². The first-order valence-electron chi connectivity index (χ1n) is 23.7. The molecular formula is C48H90O6. The summed E-state index contributed by atoms with van der Waals surface area (Å²) in [7, 11) is 0. The van der Waals surface area contributed by atoms with Gasteiger partial charge in [-0.2, -0.15) is 0 Å². The highest BCUT2D eigenvalue weighted by Crippen LogP contribution is 2.15. The van der Waals surface area contributed by atoms with Crippen molar-refractivity contribution < 1.29 is 28.6 Å².